The lowest BCUT2D eigenvalue weighted by Crippen LogP contribution is -2.59. The zero-order valence-corrected chi connectivity index (χ0v) is 22.1. The van der Waals surface area contributed by atoms with Gasteiger partial charge in [-0.05, 0) is 80.6 Å². The normalized spacial score (nSPS) is 46.6. The van der Waals surface area contributed by atoms with Crippen LogP contribution in [0, 0.1) is 45.3 Å². The molecule has 1 saturated heterocycles. The van der Waals surface area contributed by atoms with Gasteiger partial charge in [-0.3, -0.25) is 14.4 Å². The highest BCUT2D eigenvalue weighted by atomic mass is 16.6. The van der Waals surface area contributed by atoms with Crippen molar-refractivity contribution in [3.05, 3.63) is 23.3 Å². The molecule has 5 rings (SSSR count). The lowest BCUT2D eigenvalue weighted by Gasteiger charge is -2.62. The van der Waals surface area contributed by atoms with Gasteiger partial charge in [0.15, 0.2) is 5.78 Å². The van der Waals surface area contributed by atoms with Gasteiger partial charge in [0.25, 0.3) is 0 Å². The number of hydrogen-bond acceptors (Lipinski definition) is 4. The first kappa shape index (κ1) is 24.0. The Morgan fingerprint density at radius 1 is 1.09 bits per heavy atom. The number of ether oxygens (including phenoxy) is 1. The second-order valence-corrected chi connectivity index (χ2v) is 13.6. The molecule has 3 saturated carbocycles. The van der Waals surface area contributed by atoms with E-state index in [1.165, 1.54) is 11.1 Å². The van der Waals surface area contributed by atoms with E-state index in [1.807, 2.05) is 19.9 Å². The van der Waals surface area contributed by atoms with Crippen molar-refractivity contribution in [2.75, 3.05) is 0 Å². The molecule has 4 fully saturated rings. The molecule has 1 aliphatic heterocycles. The Balaban J connectivity index is 1.54. The molecule has 4 heteroatoms. The number of rotatable bonds is 3. The molecule has 0 aromatic carbocycles. The Kier molecular flexibility index (Phi) is 5.22. The van der Waals surface area contributed by atoms with Crippen molar-refractivity contribution >= 4 is 17.5 Å². The average Bonchev–Trinajstić information content (AvgIpc) is 3.15. The smallest absolute Gasteiger partial charge is 0.309 e. The maximum Gasteiger partial charge on any atom is 0.309 e. The SMILES string of the molecule is CC(C)=CCCC1C(=O)OC2C[C@]3(C)C4=CC(=O)C5C(C)(C)C(=O)CC[C@]5(C)C4CC[C@@]3(C)C21. The molecule has 0 aromatic heterocycles. The van der Waals surface area contributed by atoms with Crippen LogP contribution in [0.4, 0.5) is 0 Å². The molecule has 8 atom stereocenters. The van der Waals surface area contributed by atoms with E-state index in [9.17, 15) is 14.4 Å². The molecule has 186 valence electrons. The van der Waals surface area contributed by atoms with Gasteiger partial charge in [-0.15, -0.1) is 0 Å². The Labute approximate surface area is 205 Å². The molecule has 1 heterocycles. The molecular formula is C30H42O4. The van der Waals surface area contributed by atoms with E-state index in [0.29, 0.717) is 12.3 Å². The Morgan fingerprint density at radius 3 is 2.47 bits per heavy atom. The van der Waals surface area contributed by atoms with Crippen molar-refractivity contribution in [3.63, 3.8) is 0 Å². The first-order chi connectivity index (χ1) is 15.8. The molecule has 0 N–H and O–H groups in total. The molecule has 5 unspecified atom stereocenters. The minimum Gasteiger partial charge on any atom is -0.462 e. The summed E-state index contributed by atoms with van der Waals surface area (Å²) >= 11 is 0. The first-order valence-electron chi connectivity index (χ1n) is 13.4. The van der Waals surface area contributed by atoms with Crippen molar-refractivity contribution in [1.82, 2.24) is 0 Å². The number of fused-ring (bicyclic) bond motifs is 7. The highest BCUT2D eigenvalue weighted by molar-refractivity contribution is 6.01. The van der Waals surface area contributed by atoms with Crippen LogP contribution in [0.25, 0.3) is 0 Å². The summed E-state index contributed by atoms with van der Waals surface area (Å²) in [6, 6.07) is 0. The maximum atomic E-state index is 13.7. The molecule has 34 heavy (non-hydrogen) atoms. The number of allylic oxidation sites excluding steroid dienone is 4. The highest BCUT2D eigenvalue weighted by Gasteiger charge is 2.71. The predicted octanol–water partition coefficient (Wildman–Crippen LogP) is 6.24. The quantitative estimate of drug-likeness (QED) is 0.365. The first-order valence-corrected chi connectivity index (χ1v) is 13.4. The van der Waals surface area contributed by atoms with Crippen molar-refractivity contribution in [3.8, 4) is 0 Å². The van der Waals surface area contributed by atoms with Crippen LogP contribution in [0.2, 0.25) is 0 Å². The van der Waals surface area contributed by atoms with E-state index in [0.717, 1.165) is 38.5 Å². The van der Waals surface area contributed by atoms with Gasteiger partial charge in [0.2, 0.25) is 0 Å². The molecule has 5 aliphatic rings. The minimum absolute atomic E-state index is 0.0178. The minimum atomic E-state index is -0.606. The van der Waals surface area contributed by atoms with E-state index in [4.69, 9.17) is 4.74 Å². The van der Waals surface area contributed by atoms with E-state index >= 15 is 0 Å². The number of Topliss-reactive ketones (excluding diaryl/α,β-unsaturated/α-hetero) is 1. The molecule has 0 radical (unpaired) electrons. The van der Waals surface area contributed by atoms with Gasteiger partial charge in [-0.1, -0.05) is 51.8 Å². The fourth-order valence-electron chi connectivity index (χ4n) is 9.54. The molecule has 4 aliphatic carbocycles. The molecule has 0 bridgehead atoms. The average molecular weight is 467 g/mol. The summed E-state index contributed by atoms with van der Waals surface area (Å²) in [5.41, 5.74) is 1.57. The third-order valence-electron chi connectivity index (χ3n) is 11.4. The van der Waals surface area contributed by atoms with Crippen LogP contribution in [0.3, 0.4) is 0 Å². The number of carbonyl (C=O) groups excluding carboxylic acids is 3. The monoisotopic (exact) mass is 466 g/mol. The molecule has 0 aromatic rings. The zero-order chi connectivity index (χ0) is 24.8. The van der Waals surface area contributed by atoms with Crippen LogP contribution in [0.5, 0.6) is 0 Å². The van der Waals surface area contributed by atoms with Gasteiger partial charge >= 0.3 is 5.97 Å². The molecule has 0 amide bonds. The van der Waals surface area contributed by atoms with Crippen LogP contribution in [-0.2, 0) is 19.1 Å². The Bertz CT molecular complexity index is 1010. The van der Waals surface area contributed by atoms with Crippen LogP contribution in [-0.4, -0.2) is 23.6 Å². The Morgan fingerprint density at radius 2 is 1.79 bits per heavy atom. The van der Waals surface area contributed by atoms with Gasteiger partial charge in [-0.2, -0.15) is 0 Å². The summed E-state index contributed by atoms with van der Waals surface area (Å²) < 4.78 is 6.05. The Hall–Kier alpha value is -1.71. The predicted molar refractivity (Wildman–Crippen MR) is 132 cm³/mol. The van der Waals surface area contributed by atoms with Crippen molar-refractivity contribution < 1.29 is 19.1 Å². The molecule has 4 nitrogen and oxygen atoms in total. The van der Waals surface area contributed by atoms with Gasteiger partial charge in [-0.25, -0.2) is 0 Å². The largest absolute Gasteiger partial charge is 0.462 e. The fourth-order valence-corrected chi connectivity index (χ4v) is 9.54. The van der Waals surface area contributed by atoms with Crippen LogP contribution >= 0.6 is 0 Å². The summed E-state index contributed by atoms with van der Waals surface area (Å²) in [6.07, 6.45) is 10.1. The van der Waals surface area contributed by atoms with E-state index in [1.54, 1.807) is 0 Å². The second-order valence-electron chi connectivity index (χ2n) is 13.6. The maximum absolute atomic E-state index is 13.7. The third-order valence-corrected chi connectivity index (χ3v) is 11.4. The van der Waals surface area contributed by atoms with Crippen molar-refractivity contribution in [2.24, 2.45) is 45.3 Å². The van der Waals surface area contributed by atoms with Crippen molar-refractivity contribution in [2.45, 2.75) is 99.5 Å². The number of carbonyl (C=O) groups is 3. The van der Waals surface area contributed by atoms with Gasteiger partial charge in [0, 0.05) is 23.7 Å². The standard InChI is InChI=1S/C30H42O4/c1-17(2)9-8-10-18-24-22(34-26(18)33)16-30(7)20-15-21(31)25-27(3,4)23(32)12-13-28(25,5)19(20)11-14-29(24,30)6/h9,15,18-19,22,24-25H,8,10-14,16H2,1-7H3/t18?,19?,22?,24?,25?,28-,29+,30-/m1/s1. The highest BCUT2D eigenvalue weighted by Crippen LogP contribution is 2.74. The lowest BCUT2D eigenvalue weighted by molar-refractivity contribution is -0.156. The van der Waals surface area contributed by atoms with E-state index in [-0.39, 0.29) is 57.6 Å². The van der Waals surface area contributed by atoms with Crippen molar-refractivity contribution in [1.29, 1.82) is 0 Å². The number of hydrogen-bond donors (Lipinski definition) is 0. The summed E-state index contributed by atoms with van der Waals surface area (Å²) in [5.74, 6) is 0.592. The molecule has 0 spiro atoms. The summed E-state index contributed by atoms with van der Waals surface area (Å²) in [4.78, 5) is 39.5. The summed E-state index contributed by atoms with van der Waals surface area (Å²) in [5, 5.41) is 0. The topological polar surface area (TPSA) is 60.4 Å². The van der Waals surface area contributed by atoms with Gasteiger partial charge < -0.3 is 4.74 Å². The van der Waals surface area contributed by atoms with E-state index in [2.05, 4.69) is 40.7 Å². The van der Waals surface area contributed by atoms with Gasteiger partial charge in [0.05, 0.1) is 5.92 Å². The lowest BCUT2D eigenvalue weighted by atomic mass is 9.41. The second kappa shape index (κ2) is 7.40. The fraction of sp³-hybridized carbons (Fsp3) is 0.767. The summed E-state index contributed by atoms with van der Waals surface area (Å²) in [7, 11) is 0. The third kappa shape index (κ3) is 2.92. The molecular weight excluding hydrogens is 424 g/mol. The van der Waals surface area contributed by atoms with Crippen LogP contribution in [0.15, 0.2) is 23.3 Å². The van der Waals surface area contributed by atoms with Crippen LogP contribution in [0.1, 0.15) is 93.4 Å². The zero-order valence-electron chi connectivity index (χ0n) is 22.1. The van der Waals surface area contributed by atoms with Crippen LogP contribution < -0.4 is 0 Å². The van der Waals surface area contributed by atoms with E-state index < -0.39 is 5.41 Å². The van der Waals surface area contributed by atoms with Gasteiger partial charge in [0.1, 0.15) is 11.9 Å². The number of ketones is 2. The number of esters is 1. The summed E-state index contributed by atoms with van der Waals surface area (Å²) in [6.45, 7) is 15.2.